The summed E-state index contributed by atoms with van der Waals surface area (Å²) in [6.45, 7) is 0. The molecule has 1 unspecified atom stereocenters. The lowest BCUT2D eigenvalue weighted by molar-refractivity contribution is 0.386. The van der Waals surface area contributed by atoms with Crippen LogP contribution in [0.15, 0.2) is 31.8 Å². The third-order valence-electron chi connectivity index (χ3n) is 2.42. The fourth-order valence-electron chi connectivity index (χ4n) is 1.55. The van der Waals surface area contributed by atoms with Gasteiger partial charge in [0.05, 0.1) is 19.5 Å². The zero-order chi connectivity index (χ0) is 13.3. The zero-order valence-electron chi connectivity index (χ0n) is 9.22. The molecule has 0 saturated heterocycles. The molecular weight excluding hydrogens is 451 g/mol. The molecule has 1 aromatic carbocycles. The summed E-state index contributed by atoms with van der Waals surface area (Å²) in [5, 5.41) is 0. The fraction of sp³-hybridized carbons (Fsp3) is 0.167. The molecule has 1 atom stereocenters. The average molecular weight is 459 g/mol. The van der Waals surface area contributed by atoms with Gasteiger partial charge in [0.1, 0.15) is 0 Å². The summed E-state index contributed by atoms with van der Waals surface area (Å²) in [7, 11) is 1.45. The van der Waals surface area contributed by atoms with Crippen molar-refractivity contribution in [1.29, 1.82) is 0 Å². The summed E-state index contributed by atoms with van der Waals surface area (Å²) in [6.07, 6.45) is 0. The Bertz CT molecular complexity index is 570. The molecule has 0 saturated carbocycles. The molecule has 1 heterocycles. The van der Waals surface area contributed by atoms with Gasteiger partial charge in [-0.3, -0.25) is 0 Å². The first-order valence-corrected chi connectivity index (χ1v) is 8.27. The van der Waals surface area contributed by atoms with Crippen LogP contribution in [0.3, 0.4) is 0 Å². The number of rotatable bonds is 3. The summed E-state index contributed by atoms with van der Waals surface area (Å²) >= 11 is 12.1. The predicted molar refractivity (Wildman–Crippen MR) is 83.4 cm³/mol. The summed E-state index contributed by atoms with van der Waals surface area (Å²) in [5.74, 6) is -0.103. The summed E-state index contributed by atoms with van der Waals surface area (Å²) < 4.78 is 20.6. The van der Waals surface area contributed by atoms with Crippen LogP contribution in [0.4, 0.5) is 4.39 Å². The van der Waals surface area contributed by atoms with E-state index in [4.69, 9.17) is 4.74 Å². The van der Waals surface area contributed by atoms with Gasteiger partial charge in [-0.15, -0.1) is 11.3 Å². The molecule has 1 nitrogen and oxygen atoms in total. The highest BCUT2D eigenvalue weighted by Gasteiger charge is 2.17. The van der Waals surface area contributed by atoms with Crippen LogP contribution in [0.25, 0.3) is 0 Å². The number of benzene rings is 1. The van der Waals surface area contributed by atoms with E-state index in [-0.39, 0.29) is 16.4 Å². The van der Waals surface area contributed by atoms with Gasteiger partial charge >= 0.3 is 0 Å². The maximum absolute atomic E-state index is 13.7. The molecule has 0 amide bonds. The monoisotopic (exact) mass is 456 g/mol. The fourth-order valence-corrected chi connectivity index (χ4v) is 5.55. The number of methoxy groups -OCH3 is 1. The van der Waals surface area contributed by atoms with Gasteiger partial charge < -0.3 is 4.74 Å². The van der Waals surface area contributed by atoms with Crippen molar-refractivity contribution in [2.24, 2.45) is 0 Å². The molecule has 0 fully saturated rings. The zero-order valence-corrected chi connectivity index (χ0v) is 14.8. The smallest absolute Gasteiger partial charge is 0.165 e. The van der Waals surface area contributed by atoms with Crippen LogP contribution < -0.4 is 4.74 Å². The Kier molecular flexibility index (Phi) is 4.86. The average Bonchev–Trinajstić information content (AvgIpc) is 2.67. The Morgan fingerprint density at radius 2 is 2.00 bits per heavy atom. The molecular formula is C12H8Br3FOS. The van der Waals surface area contributed by atoms with E-state index in [0.29, 0.717) is 0 Å². The summed E-state index contributed by atoms with van der Waals surface area (Å²) in [6, 6.07) is 6.97. The largest absolute Gasteiger partial charge is 0.494 e. The van der Waals surface area contributed by atoms with Crippen LogP contribution in [0.2, 0.25) is 0 Å². The van der Waals surface area contributed by atoms with Crippen molar-refractivity contribution in [1.82, 2.24) is 0 Å². The lowest BCUT2D eigenvalue weighted by Crippen LogP contribution is -1.95. The second-order valence-electron chi connectivity index (χ2n) is 3.54. The highest BCUT2D eigenvalue weighted by Crippen LogP contribution is 2.42. The van der Waals surface area contributed by atoms with Crippen molar-refractivity contribution >= 4 is 59.1 Å². The van der Waals surface area contributed by atoms with Gasteiger partial charge in [0, 0.05) is 0 Å². The van der Waals surface area contributed by atoms with Crippen LogP contribution in [-0.4, -0.2) is 7.11 Å². The molecule has 0 radical (unpaired) electrons. The Labute approximate surface area is 134 Å². The van der Waals surface area contributed by atoms with E-state index in [2.05, 4.69) is 47.8 Å². The van der Waals surface area contributed by atoms with E-state index >= 15 is 0 Å². The van der Waals surface area contributed by atoms with Gasteiger partial charge in [0.25, 0.3) is 0 Å². The van der Waals surface area contributed by atoms with E-state index in [0.717, 1.165) is 18.7 Å². The summed E-state index contributed by atoms with van der Waals surface area (Å²) in [5.41, 5.74) is 1.91. The van der Waals surface area contributed by atoms with Crippen LogP contribution in [0, 0.1) is 5.82 Å². The van der Waals surface area contributed by atoms with Crippen molar-refractivity contribution < 1.29 is 9.13 Å². The predicted octanol–water partition coefficient (Wildman–Crippen LogP) is 5.91. The SMILES string of the molecule is COc1ccc(C(Br)c2cc(Br)sc2Br)cc1F. The molecule has 2 rings (SSSR count). The van der Waals surface area contributed by atoms with Gasteiger partial charge in [-0.05, 0) is 61.2 Å². The van der Waals surface area contributed by atoms with Gasteiger partial charge in [-0.2, -0.15) is 0 Å². The van der Waals surface area contributed by atoms with Crippen LogP contribution in [0.1, 0.15) is 16.0 Å². The Morgan fingerprint density at radius 1 is 1.28 bits per heavy atom. The van der Waals surface area contributed by atoms with Crippen molar-refractivity contribution in [3.8, 4) is 5.75 Å². The minimum absolute atomic E-state index is 0.0603. The van der Waals surface area contributed by atoms with Crippen molar-refractivity contribution in [3.05, 3.63) is 48.8 Å². The Balaban J connectivity index is 2.37. The van der Waals surface area contributed by atoms with Gasteiger partial charge in [-0.25, -0.2) is 4.39 Å². The van der Waals surface area contributed by atoms with Crippen molar-refractivity contribution in [3.63, 3.8) is 0 Å². The number of halogens is 4. The molecule has 0 aliphatic carbocycles. The highest BCUT2D eigenvalue weighted by atomic mass is 79.9. The lowest BCUT2D eigenvalue weighted by atomic mass is 10.1. The molecule has 6 heteroatoms. The number of hydrogen-bond acceptors (Lipinski definition) is 2. The van der Waals surface area contributed by atoms with E-state index in [1.165, 1.54) is 13.2 Å². The van der Waals surface area contributed by atoms with Gasteiger partial charge in [-0.1, -0.05) is 22.0 Å². The molecule has 18 heavy (non-hydrogen) atoms. The molecule has 1 aromatic heterocycles. The van der Waals surface area contributed by atoms with Crippen molar-refractivity contribution in [2.75, 3.05) is 7.11 Å². The topological polar surface area (TPSA) is 9.23 Å². The van der Waals surface area contributed by atoms with Crippen LogP contribution in [0.5, 0.6) is 5.75 Å². The molecule has 0 aliphatic heterocycles. The second-order valence-corrected chi connectivity index (χ2v) is 8.20. The molecule has 0 aliphatic rings. The first kappa shape index (κ1) is 14.5. The van der Waals surface area contributed by atoms with Crippen LogP contribution >= 0.6 is 59.1 Å². The minimum atomic E-state index is -0.357. The van der Waals surface area contributed by atoms with Crippen molar-refractivity contribution in [2.45, 2.75) is 4.83 Å². The van der Waals surface area contributed by atoms with Gasteiger partial charge in [0.2, 0.25) is 0 Å². The van der Waals surface area contributed by atoms with E-state index < -0.39 is 0 Å². The van der Waals surface area contributed by atoms with E-state index in [1.54, 1.807) is 17.4 Å². The van der Waals surface area contributed by atoms with Crippen LogP contribution in [-0.2, 0) is 0 Å². The quantitative estimate of drug-likeness (QED) is 0.520. The maximum atomic E-state index is 13.7. The third kappa shape index (κ3) is 2.98. The normalized spacial score (nSPS) is 12.5. The molecule has 2 aromatic rings. The minimum Gasteiger partial charge on any atom is -0.494 e. The molecule has 0 bridgehead atoms. The first-order chi connectivity index (χ1) is 8.52. The van der Waals surface area contributed by atoms with E-state index in [9.17, 15) is 4.39 Å². The van der Waals surface area contributed by atoms with Gasteiger partial charge in [0.15, 0.2) is 11.6 Å². The first-order valence-electron chi connectivity index (χ1n) is 4.95. The summed E-state index contributed by atoms with van der Waals surface area (Å²) in [4.78, 5) is -0.0603. The number of alkyl halides is 1. The molecule has 0 N–H and O–H groups in total. The maximum Gasteiger partial charge on any atom is 0.165 e. The standard InChI is InChI=1S/C12H8Br3FOS/c1-17-9-3-2-6(4-8(9)16)11(14)7-5-10(13)18-12(7)15/h2-5,11H,1H3. The number of hydrogen-bond donors (Lipinski definition) is 0. The number of ether oxygens (including phenoxy) is 1. The van der Waals surface area contributed by atoms with E-state index in [1.807, 2.05) is 12.1 Å². The molecule has 0 spiro atoms. The lowest BCUT2D eigenvalue weighted by Gasteiger charge is -2.11. The third-order valence-corrected chi connectivity index (χ3v) is 5.83. The Hall–Kier alpha value is 0.0900. The second kappa shape index (κ2) is 6.03. The highest BCUT2D eigenvalue weighted by molar-refractivity contribution is 9.12. The Morgan fingerprint density at radius 3 is 2.50 bits per heavy atom. The molecule has 96 valence electrons. The number of thiophene rings is 1.